The number of hydrogen-bond donors (Lipinski definition) is 2. The molecule has 7 heteroatoms. The molecule has 0 bridgehead atoms. The number of aromatic nitrogens is 3. The van der Waals surface area contributed by atoms with Crippen LogP contribution in [-0.2, 0) is 4.79 Å². The van der Waals surface area contributed by atoms with Crippen LogP contribution in [0.25, 0.3) is 0 Å². The second kappa shape index (κ2) is 7.05. The molecule has 2 N–H and O–H groups in total. The summed E-state index contributed by atoms with van der Waals surface area (Å²) in [5.41, 5.74) is -0.317. The summed E-state index contributed by atoms with van der Waals surface area (Å²) in [6, 6.07) is 0. The van der Waals surface area contributed by atoms with E-state index in [1.807, 2.05) is 0 Å². The van der Waals surface area contributed by atoms with Crippen molar-refractivity contribution >= 4 is 17.7 Å². The lowest BCUT2D eigenvalue weighted by Crippen LogP contribution is -2.27. The maximum Gasteiger partial charge on any atom is 0.270 e. The molecule has 0 saturated heterocycles. The fraction of sp³-hybridized carbons (Fsp3) is 0.600. The molecule has 0 saturated carbocycles. The lowest BCUT2D eigenvalue weighted by molar-refractivity contribution is -0.118. The van der Waals surface area contributed by atoms with Crippen LogP contribution >= 0.6 is 11.8 Å². The zero-order valence-corrected chi connectivity index (χ0v) is 10.7. The first-order valence-electron chi connectivity index (χ1n) is 5.39. The Morgan fingerprint density at radius 3 is 3.00 bits per heavy atom. The van der Waals surface area contributed by atoms with Gasteiger partial charge in [-0.25, -0.2) is 0 Å². The van der Waals surface area contributed by atoms with Crippen LogP contribution in [0.15, 0.2) is 16.1 Å². The standard InChI is InChI=1S/C10H16N4O2S/c1-7(2)3-4-11-9(16)6-17-10-13-8(15)5-12-14-10/h5,7H,3-4,6H2,1-2H3,(H,11,16)(H,13,14,15). The van der Waals surface area contributed by atoms with E-state index in [0.717, 1.165) is 24.4 Å². The fourth-order valence-electron chi connectivity index (χ4n) is 1.05. The molecule has 17 heavy (non-hydrogen) atoms. The Bertz CT molecular complexity index is 419. The highest BCUT2D eigenvalue weighted by atomic mass is 32.2. The SMILES string of the molecule is CC(C)CCNC(=O)CSc1nncc(=O)[nH]1. The number of H-pyrrole nitrogens is 1. The minimum absolute atomic E-state index is 0.0675. The Labute approximate surface area is 104 Å². The summed E-state index contributed by atoms with van der Waals surface area (Å²) < 4.78 is 0. The van der Waals surface area contributed by atoms with E-state index in [1.54, 1.807) is 0 Å². The molecule has 6 nitrogen and oxygen atoms in total. The zero-order chi connectivity index (χ0) is 12.7. The van der Waals surface area contributed by atoms with Crippen molar-refractivity contribution in [3.8, 4) is 0 Å². The van der Waals surface area contributed by atoms with Crippen LogP contribution in [0.4, 0.5) is 0 Å². The number of rotatable bonds is 6. The predicted molar refractivity (Wildman–Crippen MR) is 65.8 cm³/mol. The molecule has 0 spiro atoms. The normalized spacial score (nSPS) is 10.5. The number of thioether (sulfide) groups is 1. The van der Waals surface area contributed by atoms with E-state index in [0.29, 0.717) is 17.6 Å². The minimum Gasteiger partial charge on any atom is -0.355 e. The molecule has 94 valence electrons. The summed E-state index contributed by atoms with van der Waals surface area (Å²) in [4.78, 5) is 24.8. The summed E-state index contributed by atoms with van der Waals surface area (Å²) in [6.07, 6.45) is 2.05. The van der Waals surface area contributed by atoms with Gasteiger partial charge in [-0.3, -0.25) is 14.6 Å². The van der Waals surface area contributed by atoms with Crippen LogP contribution < -0.4 is 10.9 Å². The van der Waals surface area contributed by atoms with Gasteiger partial charge in [-0.15, -0.1) is 5.10 Å². The van der Waals surface area contributed by atoms with E-state index in [1.165, 1.54) is 0 Å². The summed E-state index contributed by atoms with van der Waals surface area (Å²) in [7, 11) is 0. The molecule has 0 aliphatic rings. The lowest BCUT2D eigenvalue weighted by Gasteiger charge is -2.06. The molecule has 0 radical (unpaired) electrons. The second-order valence-corrected chi connectivity index (χ2v) is 4.92. The van der Waals surface area contributed by atoms with Gasteiger partial charge in [0.15, 0.2) is 5.16 Å². The van der Waals surface area contributed by atoms with Gasteiger partial charge < -0.3 is 5.32 Å². The highest BCUT2D eigenvalue weighted by molar-refractivity contribution is 7.99. The monoisotopic (exact) mass is 256 g/mol. The van der Waals surface area contributed by atoms with Crippen LogP contribution in [-0.4, -0.2) is 33.4 Å². The molecule has 0 unspecified atom stereocenters. The van der Waals surface area contributed by atoms with Gasteiger partial charge in [0.25, 0.3) is 5.56 Å². The molecule has 0 aliphatic heterocycles. The molecule has 1 amide bonds. The van der Waals surface area contributed by atoms with Crippen LogP contribution in [0.2, 0.25) is 0 Å². The van der Waals surface area contributed by atoms with E-state index in [2.05, 4.69) is 34.3 Å². The summed E-state index contributed by atoms with van der Waals surface area (Å²) in [6.45, 7) is 4.88. The van der Waals surface area contributed by atoms with Gasteiger partial charge in [-0.1, -0.05) is 25.6 Å². The topological polar surface area (TPSA) is 87.7 Å². The van der Waals surface area contributed by atoms with Crippen molar-refractivity contribution in [2.45, 2.75) is 25.4 Å². The van der Waals surface area contributed by atoms with Crippen LogP contribution in [0.5, 0.6) is 0 Å². The van der Waals surface area contributed by atoms with Gasteiger partial charge in [0, 0.05) is 6.54 Å². The average Bonchev–Trinajstić information content (AvgIpc) is 2.26. The first-order chi connectivity index (χ1) is 8.08. The molecule has 1 rings (SSSR count). The lowest BCUT2D eigenvalue weighted by atomic mass is 10.1. The summed E-state index contributed by atoms with van der Waals surface area (Å²) in [5, 5.41) is 10.4. The third-order valence-electron chi connectivity index (χ3n) is 1.94. The molecular formula is C10H16N4O2S. The Morgan fingerprint density at radius 1 is 1.59 bits per heavy atom. The highest BCUT2D eigenvalue weighted by Gasteiger charge is 2.04. The molecule has 1 heterocycles. The van der Waals surface area contributed by atoms with Gasteiger partial charge in [-0.05, 0) is 12.3 Å². The van der Waals surface area contributed by atoms with Crippen LogP contribution in [0, 0.1) is 5.92 Å². The van der Waals surface area contributed by atoms with Gasteiger partial charge in [-0.2, -0.15) is 5.10 Å². The van der Waals surface area contributed by atoms with Gasteiger partial charge in [0.2, 0.25) is 5.91 Å². The van der Waals surface area contributed by atoms with E-state index in [4.69, 9.17) is 0 Å². The molecule has 0 fully saturated rings. The van der Waals surface area contributed by atoms with Crippen LogP contribution in [0.1, 0.15) is 20.3 Å². The number of hydrogen-bond acceptors (Lipinski definition) is 5. The Hall–Kier alpha value is -1.37. The molecule has 1 aromatic heterocycles. The first-order valence-corrected chi connectivity index (χ1v) is 6.38. The number of carbonyl (C=O) groups is 1. The molecular weight excluding hydrogens is 240 g/mol. The number of aromatic amines is 1. The quantitative estimate of drug-likeness (QED) is 0.720. The van der Waals surface area contributed by atoms with Gasteiger partial charge in [0.1, 0.15) is 6.20 Å². The van der Waals surface area contributed by atoms with Crippen molar-refractivity contribution in [2.24, 2.45) is 5.92 Å². The average molecular weight is 256 g/mol. The summed E-state index contributed by atoms with van der Waals surface area (Å²) in [5.74, 6) is 0.730. The largest absolute Gasteiger partial charge is 0.355 e. The third-order valence-corrected chi connectivity index (χ3v) is 2.80. The number of nitrogens with zero attached hydrogens (tertiary/aromatic N) is 2. The molecule has 1 aromatic rings. The molecule has 0 aliphatic carbocycles. The molecule has 0 atom stereocenters. The maximum atomic E-state index is 11.4. The van der Waals surface area contributed by atoms with Crippen molar-refractivity contribution in [1.82, 2.24) is 20.5 Å². The second-order valence-electron chi connectivity index (χ2n) is 3.96. The number of amides is 1. The Morgan fingerprint density at radius 2 is 2.35 bits per heavy atom. The predicted octanol–water partition coefficient (Wildman–Crippen LogP) is 0.419. The maximum absolute atomic E-state index is 11.4. The Kier molecular flexibility index (Phi) is 5.68. The minimum atomic E-state index is -0.317. The van der Waals surface area contributed by atoms with E-state index in [9.17, 15) is 9.59 Å². The van der Waals surface area contributed by atoms with E-state index >= 15 is 0 Å². The zero-order valence-electron chi connectivity index (χ0n) is 9.90. The number of nitrogens with one attached hydrogen (secondary N) is 2. The fourth-order valence-corrected chi connectivity index (χ4v) is 1.69. The smallest absolute Gasteiger partial charge is 0.270 e. The van der Waals surface area contributed by atoms with Crippen molar-refractivity contribution in [1.29, 1.82) is 0 Å². The third kappa shape index (κ3) is 6.06. The van der Waals surface area contributed by atoms with Gasteiger partial charge in [0.05, 0.1) is 5.75 Å². The van der Waals surface area contributed by atoms with Crippen molar-refractivity contribution in [3.63, 3.8) is 0 Å². The highest BCUT2D eigenvalue weighted by Crippen LogP contribution is 2.08. The van der Waals surface area contributed by atoms with Gasteiger partial charge >= 0.3 is 0 Å². The number of carbonyl (C=O) groups excluding carboxylic acids is 1. The van der Waals surface area contributed by atoms with Crippen molar-refractivity contribution < 1.29 is 4.79 Å². The van der Waals surface area contributed by atoms with E-state index in [-0.39, 0.29) is 17.2 Å². The summed E-state index contributed by atoms with van der Waals surface area (Å²) >= 11 is 1.16. The molecule has 0 aromatic carbocycles. The first kappa shape index (κ1) is 13.7. The van der Waals surface area contributed by atoms with Crippen molar-refractivity contribution in [2.75, 3.05) is 12.3 Å². The van der Waals surface area contributed by atoms with Crippen molar-refractivity contribution in [3.05, 3.63) is 16.6 Å². The van der Waals surface area contributed by atoms with Crippen LogP contribution in [0.3, 0.4) is 0 Å². The Balaban J connectivity index is 2.26. The van der Waals surface area contributed by atoms with E-state index < -0.39 is 0 Å².